The molecule has 0 spiro atoms. The second-order valence-electron chi connectivity index (χ2n) is 6.25. The number of nitrogens with one attached hydrogen (secondary N) is 1. The molecule has 1 aliphatic heterocycles. The van der Waals surface area contributed by atoms with Crippen molar-refractivity contribution in [2.45, 2.75) is 5.92 Å². The maximum atomic E-state index is 13.2. The zero-order valence-electron chi connectivity index (χ0n) is 14.6. The number of aromatic nitrogens is 2. The van der Waals surface area contributed by atoms with Crippen LogP contribution in [0.5, 0.6) is 11.5 Å². The van der Waals surface area contributed by atoms with Crippen molar-refractivity contribution < 1.29 is 13.9 Å². The van der Waals surface area contributed by atoms with Gasteiger partial charge in [-0.15, -0.1) is 16.4 Å². The van der Waals surface area contributed by atoms with Gasteiger partial charge in [0.15, 0.2) is 0 Å². The fraction of sp³-hybridized carbons (Fsp3) is 0.0500. The Hall–Kier alpha value is -2.87. The Morgan fingerprint density at radius 3 is 2.28 bits per heavy atom. The van der Waals surface area contributed by atoms with E-state index < -0.39 is 5.92 Å². The molecule has 1 aliphatic rings. The maximum absolute atomic E-state index is 13.2. The van der Waals surface area contributed by atoms with Crippen LogP contribution in [0.1, 0.15) is 17.0 Å². The quantitative estimate of drug-likeness (QED) is 0.421. The average Bonchev–Trinajstić information content (AvgIpc) is 3.31. The van der Waals surface area contributed by atoms with Crippen LogP contribution in [-0.4, -0.2) is 16.1 Å². The molecule has 0 fully saturated rings. The Morgan fingerprint density at radius 1 is 1.00 bits per heavy atom. The number of nitrogens with zero attached hydrogens (tertiary/aromatic N) is 2. The van der Waals surface area contributed by atoms with Gasteiger partial charge in [0.2, 0.25) is 5.91 Å². The molecule has 1 N–H and O–H groups in total. The van der Waals surface area contributed by atoms with Crippen LogP contribution < -0.4 is 10.1 Å². The van der Waals surface area contributed by atoms with Crippen molar-refractivity contribution in [3.63, 3.8) is 0 Å². The molecular weight excluding hydrogens is 433 g/mol. The van der Waals surface area contributed by atoms with Gasteiger partial charge in [-0.05, 0) is 18.2 Å². The molecule has 4 aromatic rings. The first-order chi connectivity index (χ1) is 14.1. The second-order valence-corrected chi connectivity index (χ2v) is 8.54. The minimum absolute atomic E-state index is 0.0233. The van der Waals surface area contributed by atoms with Crippen molar-refractivity contribution in [1.82, 2.24) is 10.2 Å². The lowest BCUT2D eigenvalue weighted by Gasteiger charge is -2.26. The molecule has 0 unspecified atom stereocenters. The number of rotatable bonds is 3. The summed E-state index contributed by atoms with van der Waals surface area (Å²) in [5.74, 6) is 0.569. The number of fused-ring (bicyclic) bond motifs is 2. The number of anilines is 1. The molecule has 0 saturated carbocycles. The summed E-state index contributed by atoms with van der Waals surface area (Å²) in [6.45, 7) is 0. The summed E-state index contributed by atoms with van der Waals surface area (Å²) >= 11 is 13.3. The van der Waals surface area contributed by atoms with Crippen LogP contribution in [0.3, 0.4) is 0 Å². The van der Waals surface area contributed by atoms with E-state index in [2.05, 4.69) is 15.5 Å². The monoisotopic (exact) mass is 443 g/mol. The van der Waals surface area contributed by atoms with Gasteiger partial charge in [-0.3, -0.25) is 10.1 Å². The van der Waals surface area contributed by atoms with E-state index in [1.165, 1.54) is 11.3 Å². The third-order valence-corrected chi connectivity index (χ3v) is 5.97. The van der Waals surface area contributed by atoms with Crippen LogP contribution in [0.4, 0.5) is 6.01 Å². The van der Waals surface area contributed by atoms with Gasteiger partial charge < -0.3 is 9.15 Å². The summed E-state index contributed by atoms with van der Waals surface area (Å²) < 4.78 is 12.4. The van der Waals surface area contributed by atoms with Crippen molar-refractivity contribution in [3.05, 3.63) is 74.4 Å². The summed E-state index contributed by atoms with van der Waals surface area (Å²) in [6, 6.07) is 16.5. The van der Waals surface area contributed by atoms with Crippen LogP contribution in [0.15, 0.2) is 59.0 Å². The Bertz CT molecular complexity index is 1190. The summed E-state index contributed by atoms with van der Waals surface area (Å²) in [5, 5.41) is 10.6. The Balaban J connectivity index is 1.47. The number of benzene rings is 2. The van der Waals surface area contributed by atoms with Gasteiger partial charge in [0.25, 0.3) is 5.89 Å². The van der Waals surface area contributed by atoms with Crippen LogP contribution in [0.25, 0.3) is 11.5 Å². The third-order valence-electron chi connectivity index (χ3n) is 4.48. The van der Waals surface area contributed by atoms with E-state index in [4.69, 9.17) is 32.4 Å². The van der Waals surface area contributed by atoms with E-state index in [9.17, 15) is 4.79 Å². The van der Waals surface area contributed by atoms with Gasteiger partial charge >= 0.3 is 6.01 Å². The molecule has 2 aromatic heterocycles. The number of para-hydroxylation sites is 2. The highest BCUT2D eigenvalue weighted by atomic mass is 35.5. The number of hydrogen-bond acceptors (Lipinski definition) is 6. The standard InChI is InChI=1S/C20H11Cl2N3O3S/c21-15-9-12(17(22)29-15)19-24-25-20(28-19)23-18(26)16-10-5-1-3-7-13(10)27-14-8-4-2-6-11(14)16/h1-9,16H,(H,23,25,26). The Kier molecular flexibility index (Phi) is 4.50. The molecular formula is C20H11Cl2N3O3S. The van der Waals surface area contributed by atoms with Crippen molar-refractivity contribution >= 4 is 46.5 Å². The van der Waals surface area contributed by atoms with Crippen molar-refractivity contribution in [3.8, 4) is 23.0 Å². The van der Waals surface area contributed by atoms with E-state index in [1.54, 1.807) is 6.07 Å². The molecule has 9 heteroatoms. The predicted molar refractivity (Wildman–Crippen MR) is 111 cm³/mol. The van der Waals surface area contributed by atoms with Crippen LogP contribution in [0.2, 0.25) is 8.67 Å². The SMILES string of the molecule is O=C(Nc1nnc(-c2cc(Cl)sc2Cl)o1)C1c2ccccc2Oc2ccccc21. The number of amides is 1. The Morgan fingerprint density at radius 2 is 1.66 bits per heavy atom. The number of carbonyl (C=O) groups excluding carboxylic acids is 1. The Labute approximate surface area is 179 Å². The number of hydrogen-bond donors (Lipinski definition) is 1. The van der Waals surface area contributed by atoms with Gasteiger partial charge in [-0.1, -0.05) is 64.7 Å². The largest absolute Gasteiger partial charge is 0.457 e. The minimum atomic E-state index is -0.578. The van der Waals surface area contributed by atoms with Crippen molar-refractivity contribution in [1.29, 1.82) is 0 Å². The zero-order valence-corrected chi connectivity index (χ0v) is 16.9. The summed E-state index contributed by atoms with van der Waals surface area (Å²) in [5.41, 5.74) is 2.05. The molecule has 1 amide bonds. The molecule has 0 bridgehead atoms. The molecule has 5 rings (SSSR count). The fourth-order valence-corrected chi connectivity index (χ4v) is 4.69. The normalized spacial score (nSPS) is 12.8. The van der Waals surface area contributed by atoms with E-state index in [0.29, 0.717) is 25.7 Å². The van der Waals surface area contributed by atoms with Gasteiger partial charge in [-0.2, -0.15) is 0 Å². The molecule has 3 heterocycles. The molecule has 0 saturated heterocycles. The van der Waals surface area contributed by atoms with Gasteiger partial charge in [-0.25, -0.2) is 0 Å². The maximum Gasteiger partial charge on any atom is 0.322 e. The number of halogens is 2. The van der Waals surface area contributed by atoms with Crippen LogP contribution in [0, 0.1) is 0 Å². The highest BCUT2D eigenvalue weighted by Crippen LogP contribution is 2.44. The number of thiophene rings is 1. The van der Waals surface area contributed by atoms with E-state index in [1.807, 2.05) is 48.5 Å². The van der Waals surface area contributed by atoms with Crippen LogP contribution in [-0.2, 0) is 4.79 Å². The topological polar surface area (TPSA) is 77.3 Å². The minimum Gasteiger partial charge on any atom is -0.457 e. The molecule has 144 valence electrons. The number of ether oxygens (including phenoxy) is 1. The van der Waals surface area contributed by atoms with Crippen molar-refractivity contribution in [2.24, 2.45) is 0 Å². The van der Waals surface area contributed by atoms with Gasteiger partial charge in [0.05, 0.1) is 15.8 Å². The molecule has 0 atom stereocenters. The average molecular weight is 444 g/mol. The lowest BCUT2D eigenvalue weighted by molar-refractivity contribution is -0.117. The highest BCUT2D eigenvalue weighted by Gasteiger charge is 2.33. The van der Waals surface area contributed by atoms with E-state index in [-0.39, 0.29) is 17.8 Å². The zero-order chi connectivity index (χ0) is 20.0. The first-order valence-electron chi connectivity index (χ1n) is 8.55. The molecule has 29 heavy (non-hydrogen) atoms. The smallest absolute Gasteiger partial charge is 0.322 e. The predicted octanol–water partition coefficient (Wildman–Crippen LogP) is 5.98. The molecule has 6 nitrogen and oxygen atoms in total. The summed E-state index contributed by atoms with van der Waals surface area (Å²) in [7, 11) is 0. The lowest BCUT2D eigenvalue weighted by Crippen LogP contribution is -2.25. The van der Waals surface area contributed by atoms with E-state index >= 15 is 0 Å². The third kappa shape index (κ3) is 3.27. The van der Waals surface area contributed by atoms with Gasteiger partial charge in [0.1, 0.15) is 15.8 Å². The van der Waals surface area contributed by atoms with Gasteiger partial charge in [0, 0.05) is 11.1 Å². The van der Waals surface area contributed by atoms with Crippen LogP contribution >= 0.6 is 34.5 Å². The second kappa shape index (κ2) is 7.18. The molecule has 2 aromatic carbocycles. The lowest BCUT2D eigenvalue weighted by atomic mass is 9.87. The summed E-state index contributed by atoms with van der Waals surface area (Å²) in [6.07, 6.45) is 0. The molecule has 0 aliphatic carbocycles. The first-order valence-corrected chi connectivity index (χ1v) is 10.1. The fourth-order valence-electron chi connectivity index (χ4n) is 3.24. The van der Waals surface area contributed by atoms with E-state index in [0.717, 1.165) is 11.1 Å². The molecule has 0 radical (unpaired) electrons. The summed E-state index contributed by atoms with van der Waals surface area (Å²) in [4.78, 5) is 13.2. The number of carbonyl (C=O) groups is 1. The first kappa shape index (κ1) is 18.2. The van der Waals surface area contributed by atoms with Crippen molar-refractivity contribution in [2.75, 3.05) is 5.32 Å². The highest BCUT2D eigenvalue weighted by molar-refractivity contribution is 7.20.